The van der Waals surface area contributed by atoms with Crippen LogP contribution in [0.3, 0.4) is 0 Å². The van der Waals surface area contributed by atoms with E-state index in [-0.39, 0.29) is 0 Å². The molecule has 5 nitrogen and oxygen atoms in total. The molecule has 1 aliphatic carbocycles. The lowest BCUT2D eigenvalue weighted by Gasteiger charge is -2.16. The van der Waals surface area contributed by atoms with Gasteiger partial charge in [0.25, 0.3) is 0 Å². The molecule has 0 bridgehead atoms. The van der Waals surface area contributed by atoms with Gasteiger partial charge in [-0.2, -0.15) is 0 Å². The number of hydrogen-bond acceptors (Lipinski definition) is 3. The number of nitrogens with zero attached hydrogens (tertiary/aromatic N) is 1. The van der Waals surface area contributed by atoms with Crippen molar-refractivity contribution in [1.82, 2.24) is 10.7 Å². The summed E-state index contributed by atoms with van der Waals surface area (Å²) in [6, 6.07) is 8.82. The van der Waals surface area contributed by atoms with Crippen LogP contribution in [-0.2, 0) is 11.2 Å². The van der Waals surface area contributed by atoms with Gasteiger partial charge in [0.1, 0.15) is 0 Å². The van der Waals surface area contributed by atoms with Gasteiger partial charge in [-0.15, -0.1) is 0 Å². The van der Waals surface area contributed by atoms with Crippen LogP contribution in [0.4, 0.5) is 0 Å². The fraction of sp³-hybridized carbons (Fsp3) is 0.533. The normalized spacial score (nSPS) is 17.9. The number of aryl methyl sites for hydroxylation is 1. The van der Waals surface area contributed by atoms with Crippen molar-refractivity contribution in [3.63, 3.8) is 0 Å². The highest BCUT2D eigenvalue weighted by Gasteiger charge is 2.22. The first-order chi connectivity index (χ1) is 9.85. The van der Waals surface area contributed by atoms with Crippen molar-refractivity contribution in [2.45, 2.75) is 32.2 Å². The summed E-state index contributed by atoms with van der Waals surface area (Å²) in [5.74, 6) is 6.19. The number of benzene rings is 1. The molecule has 0 saturated heterocycles. The first-order valence-electron chi connectivity index (χ1n) is 7.28. The van der Waals surface area contributed by atoms with Crippen molar-refractivity contribution >= 4 is 5.96 Å². The summed E-state index contributed by atoms with van der Waals surface area (Å²) in [5, 5.41) is 3.39. The number of hydrogen-bond donors (Lipinski definition) is 3. The second kappa shape index (κ2) is 7.87. The molecule has 5 heteroatoms. The Labute approximate surface area is 120 Å². The van der Waals surface area contributed by atoms with E-state index in [1.54, 1.807) is 0 Å². The third-order valence-electron chi connectivity index (χ3n) is 3.50. The summed E-state index contributed by atoms with van der Waals surface area (Å²) in [4.78, 5) is 4.44. The fourth-order valence-corrected chi connectivity index (χ4v) is 2.51. The Morgan fingerprint density at radius 1 is 1.45 bits per heavy atom. The summed E-state index contributed by atoms with van der Waals surface area (Å²) < 4.78 is 5.29. The second-order valence-corrected chi connectivity index (χ2v) is 4.86. The number of nitrogens with two attached hydrogens (primary N) is 1. The molecule has 0 amide bonds. The molecule has 0 fully saturated rings. The number of hydrazine groups is 1. The molecule has 110 valence electrons. The van der Waals surface area contributed by atoms with Gasteiger partial charge in [-0.05, 0) is 37.3 Å². The van der Waals surface area contributed by atoms with Crippen LogP contribution in [0.5, 0.6) is 0 Å². The van der Waals surface area contributed by atoms with Gasteiger partial charge in [-0.3, -0.25) is 10.4 Å². The average Bonchev–Trinajstić information content (AvgIpc) is 2.89. The van der Waals surface area contributed by atoms with E-state index in [4.69, 9.17) is 10.6 Å². The van der Waals surface area contributed by atoms with E-state index in [1.165, 1.54) is 11.1 Å². The average molecular weight is 276 g/mol. The first kappa shape index (κ1) is 14.8. The molecule has 0 aromatic heterocycles. The number of rotatable bonds is 6. The van der Waals surface area contributed by atoms with Crippen LogP contribution in [0.1, 0.15) is 36.9 Å². The van der Waals surface area contributed by atoms with E-state index in [0.717, 1.165) is 32.5 Å². The zero-order chi connectivity index (χ0) is 14.2. The van der Waals surface area contributed by atoms with Crippen LogP contribution < -0.4 is 16.6 Å². The van der Waals surface area contributed by atoms with E-state index >= 15 is 0 Å². The molecule has 1 unspecified atom stereocenters. The van der Waals surface area contributed by atoms with Crippen molar-refractivity contribution in [3.05, 3.63) is 35.4 Å². The SMILES string of the molecule is CCOCCCN=C(NN)NC1CCc2ccccc21. The highest BCUT2D eigenvalue weighted by atomic mass is 16.5. The Hall–Kier alpha value is -1.59. The number of ether oxygens (including phenoxy) is 1. The molecular weight excluding hydrogens is 252 g/mol. The van der Waals surface area contributed by atoms with E-state index in [9.17, 15) is 0 Å². The fourth-order valence-electron chi connectivity index (χ4n) is 2.51. The lowest BCUT2D eigenvalue weighted by molar-refractivity contribution is 0.146. The molecule has 1 aromatic rings. The molecule has 2 rings (SSSR count). The van der Waals surface area contributed by atoms with Crippen molar-refractivity contribution in [1.29, 1.82) is 0 Å². The number of aliphatic imine (C=N–C) groups is 1. The monoisotopic (exact) mass is 276 g/mol. The molecule has 1 aliphatic rings. The topological polar surface area (TPSA) is 71.7 Å². The third kappa shape index (κ3) is 3.95. The maximum Gasteiger partial charge on any atom is 0.206 e. The molecule has 1 aromatic carbocycles. The molecule has 0 spiro atoms. The lowest BCUT2D eigenvalue weighted by Crippen LogP contribution is -2.43. The molecule has 1 atom stereocenters. The van der Waals surface area contributed by atoms with E-state index in [0.29, 0.717) is 18.5 Å². The Morgan fingerprint density at radius 3 is 3.10 bits per heavy atom. The van der Waals surface area contributed by atoms with Crippen molar-refractivity contribution in [2.75, 3.05) is 19.8 Å². The van der Waals surface area contributed by atoms with Crippen molar-refractivity contribution in [2.24, 2.45) is 10.8 Å². The second-order valence-electron chi connectivity index (χ2n) is 4.86. The Balaban J connectivity index is 1.86. The van der Waals surface area contributed by atoms with Crippen LogP contribution in [0.25, 0.3) is 0 Å². The summed E-state index contributed by atoms with van der Waals surface area (Å²) >= 11 is 0. The lowest BCUT2D eigenvalue weighted by atomic mass is 10.1. The molecule has 20 heavy (non-hydrogen) atoms. The zero-order valence-electron chi connectivity index (χ0n) is 12.1. The largest absolute Gasteiger partial charge is 0.382 e. The van der Waals surface area contributed by atoms with Gasteiger partial charge in [-0.25, -0.2) is 5.84 Å². The third-order valence-corrected chi connectivity index (χ3v) is 3.50. The summed E-state index contributed by atoms with van der Waals surface area (Å²) in [7, 11) is 0. The van der Waals surface area contributed by atoms with Gasteiger partial charge in [0.05, 0.1) is 6.04 Å². The minimum atomic E-state index is 0.299. The molecule has 0 aliphatic heterocycles. The summed E-state index contributed by atoms with van der Waals surface area (Å²) in [5.41, 5.74) is 5.41. The highest BCUT2D eigenvalue weighted by molar-refractivity contribution is 5.79. The number of guanidine groups is 1. The maximum absolute atomic E-state index is 5.54. The summed E-state index contributed by atoms with van der Waals surface area (Å²) in [6.45, 7) is 4.20. The van der Waals surface area contributed by atoms with Gasteiger partial charge in [0, 0.05) is 19.8 Å². The van der Waals surface area contributed by atoms with Crippen LogP contribution in [-0.4, -0.2) is 25.7 Å². The van der Waals surface area contributed by atoms with Crippen LogP contribution >= 0.6 is 0 Å². The van der Waals surface area contributed by atoms with E-state index in [2.05, 4.69) is 40.0 Å². The van der Waals surface area contributed by atoms with Crippen molar-refractivity contribution in [3.8, 4) is 0 Å². The minimum Gasteiger partial charge on any atom is -0.382 e. The molecule has 4 N–H and O–H groups in total. The first-order valence-corrected chi connectivity index (χ1v) is 7.28. The summed E-state index contributed by atoms with van der Waals surface area (Å²) in [6.07, 6.45) is 3.09. The van der Waals surface area contributed by atoms with E-state index in [1.807, 2.05) is 6.92 Å². The van der Waals surface area contributed by atoms with Crippen LogP contribution in [0.15, 0.2) is 29.3 Å². The molecular formula is C15H24N4O. The number of fused-ring (bicyclic) bond motifs is 1. The van der Waals surface area contributed by atoms with Gasteiger partial charge in [0.15, 0.2) is 0 Å². The smallest absolute Gasteiger partial charge is 0.206 e. The van der Waals surface area contributed by atoms with E-state index < -0.39 is 0 Å². The predicted molar refractivity (Wildman–Crippen MR) is 81.4 cm³/mol. The van der Waals surface area contributed by atoms with Crippen molar-refractivity contribution < 1.29 is 4.74 Å². The quantitative estimate of drug-likeness (QED) is 0.242. The Morgan fingerprint density at radius 2 is 2.30 bits per heavy atom. The molecule has 0 saturated carbocycles. The molecule has 0 radical (unpaired) electrons. The van der Waals surface area contributed by atoms with Crippen LogP contribution in [0.2, 0.25) is 0 Å². The highest BCUT2D eigenvalue weighted by Crippen LogP contribution is 2.30. The zero-order valence-corrected chi connectivity index (χ0v) is 12.1. The standard InChI is InChI=1S/C15H24N4O/c1-2-20-11-5-10-17-15(19-16)18-14-9-8-12-6-3-4-7-13(12)14/h3-4,6-7,14H,2,5,8-11,16H2,1H3,(H2,17,18,19). The van der Waals surface area contributed by atoms with Gasteiger partial charge in [-0.1, -0.05) is 24.3 Å². The molecule has 0 heterocycles. The van der Waals surface area contributed by atoms with Gasteiger partial charge in [0.2, 0.25) is 5.96 Å². The predicted octanol–water partition coefficient (Wildman–Crippen LogP) is 1.51. The maximum atomic E-state index is 5.54. The van der Waals surface area contributed by atoms with Gasteiger partial charge < -0.3 is 10.1 Å². The minimum absolute atomic E-state index is 0.299. The van der Waals surface area contributed by atoms with Gasteiger partial charge >= 0.3 is 0 Å². The van der Waals surface area contributed by atoms with Crippen LogP contribution in [0, 0.1) is 0 Å². The Kier molecular flexibility index (Phi) is 5.83. The number of nitrogens with one attached hydrogen (secondary N) is 2. The Bertz CT molecular complexity index is 447.